The SMILES string of the molecule is COCCNC(=O)[C@@H](C)OC(=O)Cc1c(C)nc2ncnn2c1C. The van der Waals surface area contributed by atoms with Crippen molar-refractivity contribution in [2.45, 2.75) is 33.3 Å². The standard InChI is InChI=1S/C15H21N5O4/c1-9-12(10(2)20-15(19-9)17-8-18-20)7-13(21)24-11(3)14(22)16-5-6-23-4/h8,11H,5-7H2,1-4H3,(H,16,22)/t11-/m1/s1. The van der Waals surface area contributed by atoms with Crippen LogP contribution in [0.25, 0.3) is 5.78 Å². The Morgan fingerprint density at radius 1 is 1.38 bits per heavy atom. The van der Waals surface area contributed by atoms with Gasteiger partial charge in [-0.3, -0.25) is 9.59 Å². The Balaban J connectivity index is 2.01. The van der Waals surface area contributed by atoms with Crippen molar-refractivity contribution in [2.24, 2.45) is 0 Å². The molecule has 1 atom stereocenters. The van der Waals surface area contributed by atoms with Gasteiger partial charge in [0.1, 0.15) is 6.33 Å². The number of amides is 1. The van der Waals surface area contributed by atoms with E-state index in [-0.39, 0.29) is 12.3 Å². The molecular weight excluding hydrogens is 314 g/mol. The Labute approximate surface area is 139 Å². The molecule has 9 heteroatoms. The van der Waals surface area contributed by atoms with Gasteiger partial charge in [0.05, 0.1) is 13.0 Å². The number of nitrogens with one attached hydrogen (secondary N) is 1. The van der Waals surface area contributed by atoms with Crippen LogP contribution in [0.2, 0.25) is 0 Å². The van der Waals surface area contributed by atoms with Gasteiger partial charge in [-0.25, -0.2) is 9.50 Å². The number of aromatic nitrogens is 4. The molecule has 0 aliphatic carbocycles. The maximum absolute atomic E-state index is 12.1. The Morgan fingerprint density at radius 3 is 2.83 bits per heavy atom. The molecule has 0 aliphatic heterocycles. The number of rotatable bonds is 7. The minimum Gasteiger partial charge on any atom is -0.452 e. The van der Waals surface area contributed by atoms with Gasteiger partial charge in [-0.1, -0.05) is 0 Å². The molecular formula is C15H21N5O4. The lowest BCUT2D eigenvalue weighted by Crippen LogP contribution is -2.37. The van der Waals surface area contributed by atoms with E-state index in [0.29, 0.717) is 30.2 Å². The van der Waals surface area contributed by atoms with Crippen LogP contribution in [0.4, 0.5) is 0 Å². The number of nitrogens with zero attached hydrogens (tertiary/aromatic N) is 4. The molecule has 2 aromatic heterocycles. The smallest absolute Gasteiger partial charge is 0.311 e. The molecule has 0 aliphatic rings. The minimum atomic E-state index is -0.877. The summed E-state index contributed by atoms with van der Waals surface area (Å²) in [6.07, 6.45) is 0.539. The highest BCUT2D eigenvalue weighted by molar-refractivity contribution is 5.84. The summed E-state index contributed by atoms with van der Waals surface area (Å²) in [7, 11) is 1.54. The number of methoxy groups -OCH3 is 1. The number of aryl methyl sites for hydroxylation is 2. The first kappa shape index (κ1) is 17.8. The highest BCUT2D eigenvalue weighted by Gasteiger charge is 2.20. The highest BCUT2D eigenvalue weighted by atomic mass is 16.5. The lowest BCUT2D eigenvalue weighted by molar-refractivity contribution is -0.154. The van der Waals surface area contributed by atoms with Crippen molar-refractivity contribution in [1.82, 2.24) is 24.9 Å². The first-order chi connectivity index (χ1) is 11.4. The molecule has 2 rings (SSSR count). The summed E-state index contributed by atoms with van der Waals surface area (Å²) in [5, 5.41) is 6.69. The maximum Gasteiger partial charge on any atom is 0.311 e. The number of carbonyl (C=O) groups excluding carboxylic acids is 2. The van der Waals surface area contributed by atoms with Crippen LogP contribution in [0.3, 0.4) is 0 Å². The van der Waals surface area contributed by atoms with Crippen LogP contribution in [-0.4, -0.2) is 57.8 Å². The Bertz CT molecular complexity index is 743. The van der Waals surface area contributed by atoms with Crippen LogP contribution in [-0.2, 0) is 25.5 Å². The van der Waals surface area contributed by atoms with E-state index in [1.165, 1.54) is 13.3 Å². The van der Waals surface area contributed by atoms with Crippen molar-refractivity contribution in [1.29, 1.82) is 0 Å². The first-order valence-corrected chi connectivity index (χ1v) is 7.56. The van der Waals surface area contributed by atoms with Gasteiger partial charge in [0.15, 0.2) is 6.10 Å². The number of carbonyl (C=O) groups is 2. The predicted molar refractivity (Wildman–Crippen MR) is 84.4 cm³/mol. The monoisotopic (exact) mass is 335 g/mol. The third kappa shape index (κ3) is 4.05. The van der Waals surface area contributed by atoms with Gasteiger partial charge >= 0.3 is 5.97 Å². The summed E-state index contributed by atoms with van der Waals surface area (Å²) in [4.78, 5) is 32.3. The van der Waals surface area contributed by atoms with Crippen molar-refractivity contribution in [3.05, 3.63) is 23.3 Å². The molecule has 24 heavy (non-hydrogen) atoms. The fourth-order valence-electron chi connectivity index (χ4n) is 2.27. The van der Waals surface area contributed by atoms with Gasteiger partial charge in [-0.05, 0) is 20.8 Å². The highest BCUT2D eigenvalue weighted by Crippen LogP contribution is 2.14. The van der Waals surface area contributed by atoms with E-state index >= 15 is 0 Å². The molecule has 2 heterocycles. The van der Waals surface area contributed by atoms with Crippen molar-refractivity contribution >= 4 is 17.7 Å². The number of hydrogen-bond donors (Lipinski definition) is 1. The molecule has 0 unspecified atom stereocenters. The third-order valence-electron chi connectivity index (χ3n) is 3.59. The van der Waals surface area contributed by atoms with E-state index in [1.807, 2.05) is 6.92 Å². The lowest BCUT2D eigenvalue weighted by Gasteiger charge is -2.14. The zero-order chi connectivity index (χ0) is 17.7. The van der Waals surface area contributed by atoms with Gasteiger partial charge in [0, 0.05) is 30.6 Å². The topological polar surface area (TPSA) is 108 Å². The second kappa shape index (κ2) is 7.82. The number of esters is 1. The Hall–Kier alpha value is -2.55. The van der Waals surface area contributed by atoms with Crippen LogP contribution in [0.15, 0.2) is 6.33 Å². The molecule has 9 nitrogen and oxygen atoms in total. The lowest BCUT2D eigenvalue weighted by atomic mass is 10.1. The third-order valence-corrected chi connectivity index (χ3v) is 3.59. The zero-order valence-electron chi connectivity index (χ0n) is 14.2. The van der Waals surface area contributed by atoms with E-state index in [0.717, 1.165) is 5.69 Å². The quantitative estimate of drug-likeness (QED) is 0.559. The fraction of sp³-hybridized carbons (Fsp3) is 0.533. The van der Waals surface area contributed by atoms with Crippen molar-refractivity contribution in [2.75, 3.05) is 20.3 Å². The Kier molecular flexibility index (Phi) is 5.80. The van der Waals surface area contributed by atoms with E-state index in [4.69, 9.17) is 9.47 Å². The summed E-state index contributed by atoms with van der Waals surface area (Å²) in [5.41, 5.74) is 2.16. The summed E-state index contributed by atoms with van der Waals surface area (Å²) < 4.78 is 11.6. The molecule has 2 aromatic rings. The summed E-state index contributed by atoms with van der Waals surface area (Å²) in [6, 6.07) is 0. The molecule has 0 saturated carbocycles. The molecule has 0 aromatic carbocycles. The molecule has 0 radical (unpaired) electrons. The summed E-state index contributed by atoms with van der Waals surface area (Å²) >= 11 is 0. The Morgan fingerprint density at radius 2 is 2.12 bits per heavy atom. The largest absolute Gasteiger partial charge is 0.452 e. The number of fused-ring (bicyclic) bond motifs is 1. The summed E-state index contributed by atoms with van der Waals surface area (Å²) in [6.45, 7) is 5.92. The molecule has 0 bridgehead atoms. The van der Waals surface area contributed by atoms with Crippen LogP contribution < -0.4 is 5.32 Å². The zero-order valence-corrected chi connectivity index (χ0v) is 14.2. The molecule has 1 amide bonds. The average molecular weight is 335 g/mol. The van der Waals surface area contributed by atoms with Gasteiger partial charge in [-0.2, -0.15) is 10.1 Å². The normalized spacial score (nSPS) is 12.2. The minimum absolute atomic E-state index is 0.0101. The average Bonchev–Trinajstić information content (AvgIpc) is 2.99. The second-order valence-electron chi connectivity index (χ2n) is 5.33. The fourth-order valence-corrected chi connectivity index (χ4v) is 2.27. The van der Waals surface area contributed by atoms with Crippen molar-refractivity contribution in [3.63, 3.8) is 0 Å². The van der Waals surface area contributed by atoms with Crippen LogP contribution in [0.5, 0.6) is 0 Å². The summed E-state index contributed by atoms with van der Waals surface area (Å²) in [5.74, 6) is -0.386. The molecule has 0 saturated heterocycles. The van der Waals surface area contributed by atoms with Crippen LogP contribution in [0.1, 0.15) is 23.9 Å². The van der Waals surface area contributed by atoms with Crippen molar-refractivity contribution in [3.8, 4) is 0 Å². The van der Waals surface area contributed by atoms with E-state index in [2.05, 4.69) is 20.4 Å². The molecule has 1 N–H and O–H groups in total. The number of ether oxygens (including phenoxy) is 2. The maximum atomic E-state index is 12.1. The molecule has 0 spiro atoms. The van der Waals surface area contributed by atoms with Crippen LogP contribution in [0, 0.1) is 13.8 Å². The first-order valence-electron chi connectivity index (χ1n) is 7.56. The van der Waals surface area contributed by atoms with Gasteiger partial charge in [0.25, 0.3) is 11.7 Å². The predicted octanol–water partition coefficient (Wildman–Crippen LogP) is -0.0221. The van der Waals surface area contributed by atoms with Gasteiger partial charge in [-0.15, -0.1) is 0 Å². The van der Waals surface area contributed by atoms with Crippen molar-refractivity contribution < 1.29 is 19.1 Å². The number of hydrogen-bond acceptors (Lipinski definition) is 7. The molecule has 130 valence electrons. The van der Waals surface area contributed by atoms with Gasteiger partial charge in [0.2, 0.25) is 0 Å². The van der Waals surface area contributed by atoms with Gasteiger partial charge < -0.3 is 14.8 Å². The van der Waals surface area contributed by atoms with E-state index in [9.17, 15) is 9.59 Å². The van der Waals surface area contributed by atoms with Crippen LogP contribution >= 0.6 is 0 Å². The van der Waals surface area contributed by atoms with E-state index in [1.54, 1.807) is 18.5 Å². The molecule has 0 fully saturated rings. The van der Waals surface area contributed by atoms with E-state index < -0.39 is 12.1 Å². The second-order valence-corrected chi connectivity index (χ2v) is 5.33.